The second-order valence-corrected chi connectivity index (χ2v) is 1.52. The molecule has 2 N–H and O–H groups in total. The van der Waals surface area contributed by atoms with Gasteiger partial charge in [-0.05, 0) is 0 Å². The summed E-state index contributed by atoms with van der Waals surface area (Å²) < 4.78 is 8.50. The summed E-state index contributed by atoms with van der Waals surface area (Å²) in [5.41, 5.74) is 4.93. The first kappa shape index (κ1) is 6.03. The maximum atomic E-state index is 10.3. The van der Waals surface area contributed by atoms with Crippen molar-refractivity contribution in [3.63, 3.8) is 0 Å². The third kappa shape index (κ3) is 1.39. The summed E-state index contributed by atoms with van der Waals surface area (Å²) in [5.74, 6) is -1.28. The number of carbonyl (C=O) groups is 2. The number of hydrogen-bond acceptors (Lipinski definition) is 5. The molecule has 0 aliphatic carbocycles. The Morgan fingerprint density at radius 1 is 1.33 bits per heavy atom. The summed E-state index contributed by atoms with van der Waals surface area (Å²) in [4.78, 5) is 20.6. The van der Waals surface area contributed by atoms with Gasteiger partial charge in [-0.15, -0.1) is 0 Å². The monoisotopic (exact) mass is 131 g/mol. The van der Waals surface area contributed by atoms with Gasteiger partial charge in [0.15, 0.2) is 0 Å². The molecule has 1 fully saturated rings. The van der Waals surface area contributed by atoms with Crippen LogP contribution in [-0.4, -0.2) is 18.4 Å². The average Bonchev–Trinajstić information content (AvgIpc) is 1.59. The van der Waals surface area contributed by atoms with Crippen LogP contribution in [0.1, 0.15) is 6.42 Å². The molecule has 0 aromatic carbocycles. The molecule has 0 bridgehead atoms. The van der Waals surface area contributed by atoms with E-state index < -0.39 is 18.4 Å². The van der Waals surface area contributed by atoms with Crippen LogP contribution in [0.3, 0.4) is 0 Å². The second-order valence-electron chi connectivity index (χ2n) is 1.52. The molecule has 0 spiro atoms. The number of ether oxygens (including phenoxy) is 2. The molecule has 1 aliphatic rings. The third-order valence-corrected chi connectivity index (χ3v) is 0.784. The zero-order chi connectivity index (χ0) is 6.85. The Hall–Kier alpha value is -1.10. The van der Waals surface area contributed by atoms with Gasteiger partial charge in [-0.3, -0.25) is 15.3 Å². The maximum absolute atomic E-state index is 10.3. The lowest BCUT2D eigenvalue weighted by atomic mass is 10.4. The molecule has 50 valence electrons. The number of hydrogen-bond donors (Lipinski definition) is 1. The quantitative estimate of drug-likeness (QED) is 0.327. The van der Waals surface area contributed by atoms with E-state index in [0.717, 1.165) is 0 Å². The van der Waals surface area contributed by atoms with Crippen molar-refractivity contribution in [2.45, 2.75) is 12.8 Å². The molecule has 9 heavy (non-hydrogen) atoms. The fourth-order valence-corrected chi connectivity index (χ4v) is 0.484. The summed E-state index contributed by atoms with van der Waals surface area (Å²) in [6.45, 7) is 0. The largest absolute Gasteiger partial charge is 0.411 e. The number of rotatable bonds is 0. The number of cyclic esters (lactones) is 2. The number of nitrogens with two attached hydrogens (primary N) is 1. The van der Waals surface area contributed by atoms with E-state index in [1.54, 1.807) is 0 Å². The van der Waals surface area contributed by atoms with Crippen molar-refractivity contribution in [1.82, 2.24) is 0 Å². The van der Waals surface area contributed by atoms with Gasteiger partial charge in [-0.1, -0.05) is 0 Å². The molecular formula is C4H5NO4. The first-order chi connectivity index (χ1) is 4.18. The van der Waals surface area contributed by atoms with Crippen molar-refractivity contribution in [2.75, 3.05) is 0 Å². The van der Waals surface area contributed by atoms with E-state index in [4.69, 9.17) is 5.73 Å². The van der Waals surface area contributed by atoms with Gasteiger partial charge < -0.3 is 9.47 Å². The highest BCUT2D eigenvalue weighted by molar-refractivity contribution is 5.92. The normalized spacial score (nSPS) is 21.0. The van der Waals surface area contributed by atoms with Crippen LogP contribution in [0.2, 0.25) is 0 Å². The Kier molecular flexibility index (Phi) is 1.35. The molecule has 0 saturated carbocycles. The van der Waals surface area contributed by atoms with Crippen LogP contribution in [0.25, 0.3) is 0 Å². The molecule has 5 nitrogen and oxygen atoms in total. The highest BCUT2D eigenvalue weighted by atomic mass is 16.7. The van der Waals surface area contributed by atoms with Gasteiger partial charge in [0, 0.05) is 0 Å². The Morgan fingerprint density at radius 2 is 1.78 bits per heavy atom. The van der Waals surface area contributed by atoms with Crippen LogP contribution in [0.15, 0.2) is 0 Å². The predicted octanol–water partition coefficient (Wildman–Crippen LogP) is -1.28. The van der Waals surface area contributed by atoms with Gasteiger partial charge in [0.25, 0.3) is 0 Å². The molecule has 5 heteroatoms. The molecular weight excluding hydrogens is 126 g/mol. The fraction of sp³-hybridized carbons (Fsp3) is 0.500. The van der Waals surface area contributed by atoms with Gasteiger partial charge in [-0.2, -0.15) is 0 Å². The first-order valence-corrected chi connectivity index (χ1v) is 2.33. The predicted molar refractivity (Wildman–Crippen MR) is 24.8 cm³/mol. The third-order valence-electron chi connectivity index (χ3n) is 0.784. The second kappa shape index (κ2) is 2.02. The summed E-state index contributed by atoms with van der Waals surface area (Å²) in [6.07, 6.45) is -1.55. The minimum atomic E-state index is -1.21. The van der Waals surface area contributed by atoms with Gasteiger partial charge in [0.2, 0.25) is 0 Å². The van der Waals surface area contributed by atoms with E-state index in [1.807, 2.05) is 0 Å². The Balaban J connectivity index is 2.53. The van der Waals surface area contributed by atoms with E-state index >= 15 is 0 Å². The Morgan fingerprint density at radius 3 is 2.11 bits per heavy atom. The molecule has 1 aliphatic heterocycles. The van der Waals surface area contributed by atoms with E-state index in [0.29, 0.717) is 0 Å². The van der Waals surface area contributed by atoms with Crippen molar-refractivity contribution >= 4 is 11.9 Å². The van der Waals surface area contributed by atoms with E-state index in [1.165, 1.54) is 0 Å². The Labute approximate surface area is 50.7 Å². The van der Waals surface area contributed by atoms with E-state index in [9.17, 15) is 9.59 Å². The zero-order valence-corrected chi connectivity index (χ0v) is 4.49. The van der Waals surface area contributed by atoms with Gasteiger partial charge >= 0.3 is 18.4 Å². The summed E-state index contributed by atoms with van der Waals surface area (Å²) >= 11 is 0. The van der Waals surface area contributed by atoms with Crippen molar-refractivity contribution < 1.29 is 19.1 Å². The minimum Gasteiger partial charge on any atom is -0.411 e. The van der Waals surface area contributed by atoms with Crippen LogP contribution >= 0.6 is 0 Å². The molecule has 1 heterocycles. The SMILES string of the molecule is NC1OC(=O)CC(=O)O1. The number of carbonyl (C=O) groups excluding carboxylic acids is 2. The fourth-order valence-electron chi connectivity index (χ4n) is 0.484. The standard InChI is InChI=1S/C4H5NO4/c5-4-8-2(6)1-3(7)9-4/h4H,1,5H2. The molecule has 0 aromatic heterocycles. The maximum Gasteiger partial charge on any atom is 0.321 e. The van der Waals surface area contributed by atoms with Gasteiger partial charge in [0.1, 0.15) is 6.42 Å². The van der Waals surface area contributed by atoms with E-state index in [2.05, 4.69) is 9.47 Å². The molecule has 1 rings (SSSR count). The van der Waals surface area contributed by atoms with Crippen molar-refractivity contribution in [3.05, 3.63) is 0 Å². The van der Waals surface area contributed by atoms with Gasteiger partial charge in [0.05, 0.1) is 0 Å². The van der Waals surface area contributed by atoms with Crippen LogP contribution in [0.5, 0.6) is 0 Å². The highest BCUT2D eigenvalue weighted by Gasteiger charge is 2.24. The molecule has 0 radical (unpaired) electrons. The lowest BCUT2D eigenvalue weighted by molar-refractivity contribution is -0.201. The van der Waals surface area contributed by atoms with Crippen LogP contribution < -0.4 is 5.73 Å². The van der Waals surface area contributed by atoms with Crippen LogP contribution in [0, 0.1) is 0 Å². The lowest BCUT2D eigenvalue weighted by Gasteiger charge is -2.17. The zero-order valence-electron chi connectivity index (χ0n) is 4.49. The lowest BCUT2D eigenvalue weighted by Crippen LogP contribution is -2.38. The molecule has 0 amide bonds. The summed E-state index contributed by atoms with van der Waals surface area (Å²) in [5, 5.41) is 0. The summed E-state index contributed by atoms with van der Waals surface area (Å²) in [7, 11) is 0. The van der Waals surface area contributed by atoms with Crippen molar-refractivity contribution in [3.8, 4) is 0 Å². The molecule has 0 aromatic rings. The van der Waals surface area contributed by atoms with E-state index in [-0.39, 0.29) is 6.42 Å². The van der Waals surface area contributed by atoms with Crippen LogP contribution in [0.4, 0.5) is 0 Å². The van der Waals surface area contributed by atoms with Crippen molar-refractivity contribution in [1.29, 1.82) is 0 Å². The molecule has 0 atom stereocenters. The average molecular weight is 131 g/mol. The minimum absolute atomic E-state index is 0.340. The topological polar surface area (TPSA) is 78.6 Å². The van der Waals surface area contributed by atoms with Crippen molar-refractivity contribution in [2.24, 2.45) is 5.73 Å². The smallest absolute Gasteiger partial charge is 0.321 e. The van der Waals surface area contributed by atoms with Gasteiger partial charge in [-0.25, -0.2) is 0 Å². The summed E-state index contributed by atoms with van der Waals surface area (Å²) in [6, 6.07) is 0. The Bertz CT molecular complexity index is 139. The molecule has 1 saturated heterocycles. The van der Waals surface area contributed by atoms with Crippen LogP contribution in [-0.2, 0) is 19.1 Å². The highest BCUT2D eigenvalue weighted by Crippen LogP contribution is 2.01. The number of esters is 2. The molecule has 0 unspecified atom stereocenters. The first-order valence-electron chi connectivity index (χ1n) is 2.33.